The molecule has 2 N–H and O–H groups in total. The third-order valence-corrected chi connectivity index (χ3v) is 5.76. The Bertz CT molecular complexity index is 1080. The normalized spacial score (nSPS) is 13.2. The molecule has 2 aromatic heterocycles. The molecule has 1 aliphatic rings. The molecule has 3 heterocycles. The summed E-state index contributed by atoms with van der Waals surface area (Å²) in [4.78, 5) is 0.246. The summed E-state index contributed by atoms with van der Waals surface area (Å²) < 4.78 is 34.5. The lowest BCUT2D eigenvalue weighted by molar-refractivity contribution is 0.356. The number of aromatic nitrogens is 4. The van der Waals surface area contributed by atoms with E-state index in [1.165, 1.54) is 0 Å². The molecule has 28 heavy (non-hydrogen) atoms. The van der Waals surface area contributed by atoms with Crippen molar-refractivity contribution in [1.29, 1.82) is 0 Å². The Balaban J connectivity index is 1.30. The molecule has 0 amide bonds. The van der Waals surface area contributed by atoms with Crippen molar-refractivity contribution >= 4 is 15.8 Å². The molecule has 0 bridgehead atoms. The summed E-state index contributed by atoms with van der Waals surface area (Å²) in [5, 5.41) is 15.5. The van der Waals surface area contributed by atoms with Crippen LogP contribution in [0.2, 0.25) is 0 Å². The number of nitrogens with zero attached hydrogens (tertiary/aromatic N) is 4. The van der Waals surface area contributed by atoms with E-state index in [0.29, 0.717) is 24.8 Å². The van der Waals surface area contributed by atoms with Gasteiger partial charge in [-0.1, -0.05) is 0 Å². The van der Waals surface area contributed by atoms with E-state index in [1.807, 2.05) is 19.2 Å². The van der Waals surface area contributed by atoms with E-state index in [9.17, 15) is 8.42 Å². The minimum absolute atomic E-state index is 0.220. The molecule has 1 aliphatic heterocycles. The third kappa shape index (κ3) is 3.97. The molecular weight excluding hydrogens is 380 g/mol. The van der Waals surface area contributed by atoms with E-state index in [0.717, 1.165) is 23.4 Å². The first-order valence-corrected chi connectivity index (χ1v) is 10.4. The van der Waals surface area contributed by atoms with Crippen LogP contribution in [0.3, 0.4) is 0 Å². The summed E-state index contributed by atoms with van der Waals surface area (Å²) >= 11 is 0. The van der Waals surface area contributed by atoms with Crippen molar-refractivity contribution in [2.24, 2.45) is 0 Å². The van der Waals surface area contributed by atoms with Gasteiger partial charge in [0.05, 0.1) is 17.2 Å². The fourth-order valence-corrected chi connectivity index (χ4v) is 3.96. The zero-order valence-electron chi connectivity index (χ0n) is 15.3. The Hall–Kier alpha value is -2.98. The number of nitrogens with one attached hydrogen (secondary N) is 2. The highest BCUT2D eigenvalue weighted by Crippen LogP contribution is 2.27. The second-order valence-electron chi connectivity index (χ2n) is 6.37. The maximum atomic E-state index is 12.4. The zero-order valence-corrected chi connectivity index (χ0v) is 16.1. The van der Waals surface area contributed by atoms with Crippen LogP contribution in [0.25, 0.3) is 5.82 Å². The van der Waals surface area contributed by atoms with Crippen molar-refractivity contribution in [3.8, 4) is 11.6 Å². The smallest absolute Gasteiger partial charge is 0.240 e. The van der Waals surface area contributed by atoms with Gasteiger partial charge in [0.15, 0.2) is 5.82 Å². The van der Waals surface area contributed by atoms with Gasteiger partial charge >= 0.3 is 0 Å². The zero-order chi connectivity index (χ0) is 19.6. The van der Waals surface area contributed by atoms with Crippen LogP contribution < -0.4 is 14.8 Å². The van der Waals surface area contributed by atoms with Crippen LogP contribution in [-0.4, -0.2) is 48.1 Å². The Morgan fingerprint density at radius 2 is 2.04 bits per heavy atom. The summed E-state index contributed by atoms with van der Waals surface area (Å²) in [7, 11) is -3.57. The number of sulfonamides is 1. The summed E-state index contributed by atoms with van der Waals surface area (Å²) in [6, 6.07) is 10.4. The molecule has 0 fully saturated rings. The Morgan fingerprint density at radius 1 is 1.14 bits per heavy atom. The average Bonchev–Trinajstić information content (AvgIpc) is 3.34. The number of rotatable bonds is 7. The fraction of sp³-hybridized carbons (Fsp3) is 0.278. The minimum Gasteiger partial charge on any atom is -0.493 e. The Labute approximate surface area is 162 Å². The van der Waals surface area contributed by atoms with Crippen molar-refractivity contribution < 1.29 is 13.2 Å². The highest BCUT2D eigenvalue weighted by molar-refractivity contribution is 7.89. The van der Waals surface area contributed by atoms with Crippen molar-refractivity contribution in [2.75, 3.05) is 25.0 Å². The predicted molar refractivity (Wildman–Crippen MR) is 103 cm³/mol. The van der Waals surface area contributed by atoms with Crippen molar-refractivity contribution in [1.82, 2.24) is 24.7 Å². The van der Waals surface area contributed by atoms with Gasteiger partial charge < -0.3 is 10.1 Å². The second-order valence-corrected chi connectivity index (χ2v) is 8.14. The van der Waals surface area contributed by atoms with Crippen LogP contribution in [0, 0.1) is 6.92 Å². The monoisotopic (exact) mass is 400 g/mol. The van der Waals surface area contributed by atoms with Gasteiger partial charge in [-0.05, 0) is 48.9 Å². The maximum absolute atomic E-state index is 12.4. The molecule has 0 unspecified atom stereocenters. The summed E-state index contributed by atoms with van der Waals surface area (Å²) in [5.41, 5.74) is 1.82. The minimum atomic E-state index is -3.57. The summed E-state index contributed by atoms with van der Waals surface area (Å²) in [5.74, 6) is 1.93. The molecule has 0 radical (unpaired) electrons. The quantitative estimate of drug-likeness (QED) is 0.575. The van der Waals surface area contributed by atoms with E-state index in [1.54, 1.807) is 35.0 Å². The largest absolute Gasteiger partial charge is 0.493 e. The Morgan fingerprint density at radius 3 is 2.79 bits per heavy atom. The van der Waals surface area contributed by atoms with Crippen molar-refractivity contribution in [3.05, 3.63) is 53.9 Å². The maximum Gasteiger partial charge on any atom is 0.240 e. The van der Waals surface area contributed by atoms with Gasteiger partial charge in [-0.25, -0.2) is 17.8 Å². The molecule has 1 aromatic carbocycles. The van der Waals surface area contributed by atoms with Crippen LogP contribution in [0.4, 0.5) is 5.82 Å². The fourth-order valence-electron chi connectivity index (χ4n) is 2.87. The van der Waals surface area contributed by atoms with Gasteiger partial charge in [0, 0.05) is 25.7 Å². The summed E-state index contributed by atoms with van der Waals surface area (Å²) in [6.07, 6.45) is 2.54. The first-order valence-electron chi connectivity index (χ1n) is 8.87. The van der Waals surface area contributed by atoms with Crippen LogP contribution in [-0.2, 0) is 16.4 Å². The molecule has 0 atom stereocenters. The highest BCUT2D eigenvalue weighted by Gasteiger charge is 2.18. The number of ether oxygens (including phenoxy) is 1. The van der Waals surface area contributed by atoms with E-state index >= 15 is 0 Å². The molecule has 0 saturated carbocycles. The topological polar surface area (TPSA) is 111 Å². The predicted octanol–water partition coefficient (Wildman–Crippen LogP) is 1.30. The van der Waals surface area contributed by atoms with Gasteiger partial charge in [0.2, 0.25) is 10.0 Å². The van der Waals surface area contributed by atoms with Crippen LogP contribution in [0.1, 0.15) is 11.3 Å². The average molecular weight is 400 g/mol. The molecule has 10 heteroatoms. The van der Waals surface area contributed by atoms with E-state index in [4.69, 9.17) is 4.74 Å². The number of benzene rings is 1. The number of fused-ring (bicyclic) bond motifs is 1. The van der Waals surface area contributed by atoms with Crippen molar-refractivity contribution in [2.45, 2.75) is 18.2 Å². The van der Waals surface area contributed by atoms with Crippen LogP contribution >= 0.6 is 0 Å². The van der Waals surface area contributed by atoms with Gasteiger partial charge in [-0.15, -0.1) is 10.2 Å². The first-order chi connectivity index (χ1) is 13.5. The van der Waals surface area contributed by atoms with Gasteiger partial charge in [-0.2, -0.15) is 5.10 Å². The number of hydrogen-bond acceptors (Lipinski definition) is 7. The van der Waals surface area contributed by atoms with Crippen LogP contribution in [0.5, 0.6) is 5.75 Å². The van der Waals surface area contributed by atoms with E-state index < -0.39 is 10.0 Å². The molecule has 9 nitrogen and oxygen atoms in total. The first kappa shape index (κ1) is 18.4. The number of anilines is 1. The molecular formula is C18H20N6O3S. The third-order valence-electron chi connectivity index (χ3n) is 4.30. The number of aryl methyl sites for hydroxylation is 1. The molecule has 0 aliphatic carbocycles. The van der Waals surface area contributed by atoms with E-state index in [2.05, 4.69) is 25.3 Å². The standard InChI is InChI=1S/C18H20N6O3S/c1-13-6-10-24(23-13)18-5-4-17(21-22-18)19-8-9-20-28(25,26)15-2-3-16-14(12-15)7-11-27-16/h2-6,10,12,20H,7-9,11H2,1H3,(H,19,21). The molecule has 3 aromatic rings. The van der Waals surface area contributed by atoms with Gasteiger partial charge in [0.25, 0.3) is 0 Å². The molecule has 146 valence electrons. The van der Waals surface area contributed by atoms with Gasteiger partial charge in [0.1, 0.15) is 11.6 Å². The lowest BCUT2D eigenvalue weighted by atomic mass is 10.2. The van der Waals surface area contributed by atoms with Gasteiger partial charge in [-0.3, -0.25) is 0 Å². The van der Waals surface area contributed by atoms with E-state index in [-0.39, 0.29) is 11.4 Å². The summed E-state index contributed by atoms with van der Waals surface area (Å²) in [6.45, 7) is 3.09. The highest BCUT2D eigenvalue weighted by atomic mass is 32.2. The Kier molecular flexibility index (Phi) is 4.97. The van der Waals surface area contributed by atoms with Crippen LogP contribution in [0.15, 0.2) is 47.5 Å². The molecule has 4 rings (SSSR count). The second kappa shape index (κ2) is 7.56. The number of hydrogen-bond donors (Lipinski definition) is 2. The lowest BCUT2D eigenvalue weighted by Crippen LogP contribution is -2.29. The van der Waals surface area contributed by atoms with Crippen molar-refractivity contribution in [3.63, 3.8) is 0 Å². The molecule has 0 spiro atoms. The lowest BCUT2D eigenvalue weighted by Gasteiger charge is -2.09. The molecule has 0 saturated heterocycles. The SMILES string of the molecule is Cc1ccn(-c2ccc(NCCNS(=O)(=O)c3ccc4c(c3)CCO4)nn2)n1.